The Morgan fingerprint density at radius 1 is 1.22 bits per heavy atom. The van der Waals surface area contributed by atoms with Gasteiger partial charge in [-0.1, -0.05) is 0 Å². The molecule has 2 aliphatic rings. The van der Waals surface area contributed by atoms with Gasteiger partial charge in [0.25, 0.3) is 0 Å². The summed E-state index contributed by atoms with van der Waals surface area (Å²) in [6.07, 6.45) is 3.31. The molecule has 2 aromatic rings. The van der Waals surface area contributed by atoms with Gasteiger partial charge in [-0.2, -0.15) is 0 Å². The first kappa shape index (κ1) is 20.1. The third kappa shape index (κ3) is 3.69. The fourth-order valence-electron chi connectivity index (χ4n) is 3.66. The van der Waals surface area contributed by atoms with Gasteiger partial charge in [0.1, 0.15) is 11.4 Å². The smallest absolute Gasteiger partial charge is 0.341 e. The van der Waals surface area contributed by atoms with Crippen LogP contribution in [-0.4, -0.2) is 60.4 Å². The lowest BCUT2D eigenvalue weighted by atomic mass is 10.1. The van der Waals surface area contributed by atoms with Crippen molar-refractivity contribution >= 4 is 22.6 Å². The van der Waals surface area contributed by atoms with Crippen LogP contribution in [0.5, 0.6) is 0 Å². The van der Waals surface area contributed by atoms with Gasteiger partial charge in [-0.25, -0.2) is 9.18 Å². The van der Waals surface area contributed by atoms with Crippen LogP contribution in [0.2, 0.25) is 0 Å². The molecule has 6 nitrogen and oxygen atoms in total. The average Bonchev–Trinajstić information content (AvgIpc) is 3.40. The zero-order valence-corrected chi connectivity index (χ0v) is 17.6. The molecule has 27 heavy (non-hydrogen) atoms. The molecule has 0 radical (unpaired) electrons. The third-order valence-electron chi connectivity index (χ3n) is 5.56. The molecule has 0 amide bonds. The highest BCUT2D eigenvalue weighted by molar-refractivity contribution is 5.93. The number of quaternary nitrogens is 1. The van der Waals surface area contributed by atoms with E-state index in [1.54, 1.807) is 6.07 Å². The second kappa shape index (κ2) is 7.05. The minimum absolute atomic E-state index is 0. The van der Waals surface area contributed by atoms with Crippen molar-refractivity contribution in [3.8, 4) is 0 Å². The van der Waals surface area contributed by atoms with Crippen LogP contribution in [0.1, 0.15) is 29.2 Å². The Morgan fingerprint density at radius 3 is 2.41 bits per heavy atom. The maximum atomic E-state index is 14.8. The number of hydrogen-bond donors (Lipinski definition) is 1. The number of pyridine rings is 1. The van der Waals surface area contributed by atoms with E-state index in [1.165, 1.54) is 12.3 Å². The quantitative estimate of drug-likeness (QED) is 0.450. The van der Waals surface area contributed by atoms with Gasteiger partial charge in [-0.15, -0.1) is 0 Å². The average molecular weight is 487 g/mol. The van der Waals surface area contributed by atoms with Gasteiger partial charge in [0.15, 0.2) is 0 Å². The molecular formula is C19H23FIN3O3. The molecule has 8 heteroatoms. The molecule has 1 aliphatic carbocycles. The summed E-state index contributed by atoms with van der Waals surface area (Å²) in [6, 6.07) is 3.13. The zero-order chi connectivity index (χ0) is 18.6. The second-order valence-electron chi connectivity index (χ2n) is 8.01. The number of aromatic carboxylic acids is 1. The summed E-state index contributed by atoms with van der Waals surface area (Å²) < 4.78 is 17.6. The van der Waals surface area contributed by atoms with Crippen molar-refractivity contribution in [3.63, 3.8) is 0 Å². The second-order valence-corrected chi connectivity index (χ2v) is 8.01. The summed E-state index contributed by atoms with van der Waals surface area (Å²) >= 11 is 0. The zero-order valence-electron chi connectivity index (χ0n) is 15.4. The highest BCUT2D eigenvalue weighted by Crippen LogP contribution is 2.38. The molecule has 146 valence electrons. The van der Waals surface area contributed by atoms with Gasteiger partial charge in [-0.05, 0) is 25.0 Å². The number of aromatic nitrogens is 1. The summed E-state index contributed by atoms with van der Waals surface area (Å²) in [5.41, 5.74) is 0.201. The predicted molar refractivity (Wildman–Crippen MR) is 97.5 cm³/mol. The van der Waals surface area contributed by atoms with Crippen LogP contribution < -0.4 is 34.3 Å². The normalized spacial score (nSPS) is 19.0. The molecule has 0 bridgehead atoms. The van der Waals surface area contributed by atoms with Gasteiger partial charge in [0.2, 0.25) is 5.43 Å². The van der Waals surface area contributed by atoms with E-state index in [9.17, 15) is 19.1 Å². The number of likely N-dealkylation sites (N-methyl/N-ethyl adjacent to an activating group) is 1. The molecule has 1 saturated heterocycles. The fraction of sp³-hybridized carbons (Fsp3) is 0.474. The van der Waals surface area contributed by atoms with E-state index in [0.29, 0.717) is 11.2 Å². The number of piperazine rings is 1. The molecule has 1 aromatic carbocycles. The van der Waals surface area contributed by atoms with Crippen LogP contribution in [-0.2, 0) is 0 Å². The molecule has 1 saturated carbocycles. The lowest BCUT2D eigenvalue weighted by Gasteiger charge is -2.40. The van der Waals surface area contributed by atoms with Gasteiger partial charge >= 0.3 is 5.97 Å². The molecule has 2 fully saturated rings. The summed E-state index contributed by atoms with van der Waals surface area (Å²) in [7, 11) is 4.32. The Labute approximate surface area is 173 Å². The molecule has 1 aromatic heterocycles. The fourth-order valence-corrected chi connectivity index (χ4v) is 3.66. The number of anilines is 1. The SMILES string of the molecule is C[N+]1(C)CCN(c2cc3c(cc2F)c(=O)c(C(=O)O)cn3C2CC2)CC1.[I-]. The predicted octanol–water partition coefficient (Wildman–Crippen LogP) is -0.926. The Kier molecular flexibility index (Phi) is 5.24. The monoisotopic (exact) mass is 487 g/mol. The first-order chi connectivity index (χ1) is 12.3. The standard InChI is InChI=1S/C19H22FN3O3.HI/c1-23(2)7-5-21(6-8-23)17-10-16-13(9-15(17)20)18(24)14(19(25)26)11-22(16)12-3-4-12;/h9-12H,3-8H2,1-2H3;1H. The van der Waals surface area contributed by atoms with Crippen molar-refractivity contribution < 1.29 is 42.8 Å². The third-order valence-corrected chi connectivity index (χ3v) is 5.56. The van der Waals surface area contributed by atoms with Crippen LogP contribution in [0.3, 0.4) is 0 Å². The number of rotatable bonds is 3. The molecule has 1 aliphatic heterocycles. The number of fused-ring (bicyclic) bond motifs is 1. The van der Waals surface area contributed by atoms with Gasteiger partial charge in [-0.3, -0.25) is 4.79 Å². The van der Waals surface area contributed by atoms with Crippen LogP contribution in [0, 0.1) is 5.82 Å². The van der Waals surface area contributed by atoms with E-state index in [0.717, 1.165) is 43.5 Å². The number of carboxylic acid groups (broad SMARTS) is 1. The lowest BCUT2D eigenvalue weighted by molar-refractivity contribution is -0.890. The maximum absolute atomic E-state index is 14.8. The van der Waals surface area contributed by atoms with Gasteiger partial charge in [0, 0.05) is 17.6 Å². The number of nitrogens with zero attached hydrogens (tertiary/aromatic N) is 3. The van der Waals surface area contributed by atoms with Crippen molar-refractivity contribution in [1.82, 2.24) is 4.57 Å². The molecule has 0 spiro atoms. The summed E-state index contributed by atoms with van der Waals surface area (Å²) in [5, 5.41) is 9.46. The van der Waals surface area contributed by atoms with E-state index in [1.807, 2.05) is 9.47 Å². The minimum Gasteiger partial charge on any atom is -1.00 e. The Hall–Kier alpha value is -1.68. The van der Waals surface area contributed by atoms with Crippen molar-refractivity contribution in [2.45, 2.75) is 18.9 Å². The highest BCUT2D eigenvalue weighted by atomic mass is 127. The summed E-state index contributed by atoms with van der Waals surface area (Å²) in [6.45, 7) is 3.34. The summed E-state index contributed by atoms with van der Waals surface area (Å²) in [4.78, 5) is 25.9. The van der Waals surface area contributed by atoms with E-state index in [-0.39, 0.29) is 41.0 Å². The van der Waals surface area contributed by atoms with E-state index >= 15 is 0 Å². The topological polar surface area (TPSA) is 62.5 Å². The van der Waals surface area contributed by atoms with E-state index in [2.05, 4.69) is 14.1 Å². The minimum atomic E-state index is -1.27. The molecule has 4 rings (SSSR count). The number of carboxylic acids is 1. The van der Waals surface area contributed by atoms with Crippen molar-refractivity contribution in [2.24, 2.45) is 0 Å². The van der Waals surface area contributed by atoms with Crippen molar-refractivity contribution in [1.29, 1.82) is 0 Å². The Morgan fingerprint density at radius 2 is 1.85 bits per heavy atom. The summed E-state index contributed by atoms with van der Waals surface area (Å²) in [5.74, 6) is -1.74. The first-order valence-electron chi connectivity index (χ1n) is 8.95. The van der Waals surface area contributed by atoms with Crippen LogP contribution in [0.25, 0.3) is 10.9 Å². The highest BCUT2D eigenvalue weighted by Gasteiger charge is 2.29. The van der Waals surface area contributed by atoms with Crippen LogP contribution in [0.15, 0.2) is 23.1 Å². The number of hydrogen-bond acceptors (Lipinski definition) is 3. The van der Waals surface area contributed by atoms with Crippen molar-refractivity contribution in [3.05, 3.63) is 39.9 Å². The number of benzene rings is 1. The lowest BCUT2D eigenvalue weighted by Crippen LogP contribution is -3.00. The maximum Gasteiger partial charge on any atom is 0.341 e. The van der Waals surface area contributed by atoms with Crippen LogP contribution in [0.4, 0.5) is 10.1 Å². The molecule has 1 N–H and O–H groups in total. The number of halogens is 2. The van der Waals surface area contributed by atoms with Crippen molar-refractivity contribution in [2.75, 3.05) is 45.2 Å². The molecule has 2 heterocycles. The largest absolute Gasteiger partial charge is 1.00 e. The van der Waals surface area contributed by atoms with E-state index < -0.39 is 17.2 Å². The van der Waals surface area contributed by atoms with Gasteiger partial charge < -0.3 is 43.0 Å². The molecule has 0 atom stereocenters. The van der Waals surface area contributed by atoms with E-state index in [4.69, 9.17) is 0 Å². The van der Waals surface area contributed by atoms with Crippen LogP contribution >= 0.6 is 0 Å². The molecule has 0 unspecified atom stereocenters. The van der Waals surface area contributed by atoms with Gasteiger partial charge in [0.05, 0.1) is 51.5 Å². The molecular weight excluding hydrogens is 464 g/mol. The Bertz CT molecular complexity index is 959. The number of carbonyl (C=O) groups is 1. The first-order valence-corrected chi connectivity index (χ1v) is 8.95. The Balaban J connectivity index is 0.00000210.